The SMILES string of the molecule is CCOc1cc(/C=C2\SC(=O)N(Cc3ccc(C)cc3)C2=O)cc(Cl)c1OC(=O)c1ccccc1Cl. The first kappa shape index (κ1) is 25.8. The van der Waals surface area contributed by atoms with Crippen molar-refractivity contribution < 1.29 is 23.9 Å². The molecule has 1 fully saturated rings. The van der Waals surface area contributed by atoms with Crippen molar-refractivity contribution in [1.82, 2.24) is 4.90 Å². The molecule has 184 valence electrons. The Hall–Kier alpha value is -3.26. The second-order valence-corrected chi connectivity index (χ2v) is 9.69. The largest absolute Gasteiger partial charge is 0.490 e. The van der Waals surface area contributed by atoms with E-state index in [0.29, 0.717) is 5.56 Å². The van der Waals surface area contributed by atoms with E-state index >= 15 is 0 Å². The van der Waals surface area contributed by atoms with Gasteiger partial charge in [-0.05, 0) is 67.1 Å². The zero-order chi connectivity index (χ0) is 25.8. The molecular formula is C27H21Cl2NO5S. The second-order valence-electron chi connectivity index (χ2n) is 7.89. The summed E-state index contributed by atoms with van der Waals surface area (Å²) < 4.78 is 11.2. The lowest BCUT2D eigenvalue weighted by atomic mass is 10.1. The van der Waals surface area contributed by atoms with Crippen molar-refractivity contribution in [3.63, 3.8) is 0 Å². The van der Waals surface area contributed by atoms with Crippen LogP contribution in [-0.2, 0) is 11.3 Å². The van der Waals surface area contributed by atoms with Crippen LogP contribution in [0.2, 0.25) is 10.0 Å². The Morgan fingerprint density at radius 3 is 2.44 bits per heavy atom. The van der Waals surface area contributed by atoms with Gasteiger partial charge in [-0.3, -0.25) is 14.5 Å². The third kappa shape index (κ3) is 5.75. The van der Waals surface area contributed by atoms with Gasteiger partial charge in [-0.25, -0.2) is 4.79 Å². The zero-order valence-electron chi connectivity index (χ0n) is 19.4. The third-order valence-corrected chi connectivity index (χ3v) is 6.77. The fraction of sp³-hybridized carbons (Fsp3) is 0.148. The number of hydrogen-bond donors (Lipinski definition) is 0. The molecule has 0 unspecified atom stereocenters. The van der Waals surface area contributed by atoms with Gasteiger partial charge < -0.3 is 9.47 Å². The summed E-state index contributed by atoms with van der Waals surface area (Å²) in [6.07, 6.45) is 1.56. The topological polar surface area (TPSA) is 72.9 Å². The van der Waals surface area contributed by atoms with Gasteiger partial charge in [0.15, 0.2) is 11.5 Å². The molecule has 0 atom stereocenters. The molecule has 3 aromatic rings. The molecule has 0 radical (unpaired) electrons. The number of benzene rings is 3. The number of carbonyl (C=O) groups excluding carboxylic acids is 3. The minimum Gasteiger partial charge on any atom is -0.490 e. The van der Waals surface area contributed by atoms with Crippen LogP contribution in [0.1, 0.15) is 34.0 Å². The summed E-state index contributed by atoms with van der Waals surface area (Å²) in [5.41, 5.74) is 2.65. The van der Waals surface area contributed by atoms with E-state index < -0.39 is 11.9 Å². The number of hydrogen-bond acceptors (Lipinski definition) is 6. The van der Waals surface area contributed by atoms with Crippen LogP contribution in [0, 0.1) is 6.92 Å². The van der Waals surface area contributed by atoms with Crippen LogP contribution in [0.3, 0.4) is 0 Å². The highest BCUT2D eigenvalue weighted by atomic mass is 35.5. The maximum Gasteiger partial charge on any atom is 0.345 e. The smallest absolute Gasteiger partial charge is 0.345 e. The number of imide groups is 1. The number of halogens is 2. The summed E-state index contributed by atoms with van der Waals surface area (Å²) in [6, 6.07) is 17.3. The van der Waals surface area contributed by atoms with Crippen molar-refractivity contribution in [3.8, 4) is 11.5 Å². The van der Waals surface area contributed by atoms with Crippen LogP contribution in [0.4, 0.5) is 4.79 Å². The van der Waals surface area contributed by atoms with Crippen molar-refractivity contribution in [1.29, 1.82) is 0 Å². The van der Waals surface area contributed by atoms with Gasteiger partial charge in [0.2, 0.25) is 0 Å². The normalized spacial score (nSPS) is 14.4. The van der Waals surface area contributed by atoms with Crippen molar-refractivity contribution >= 4 is 58.2 Å². The van der Waals surface area contributed by atoms with Crippen molar-refractivity contribution in [2.75, 3.05) is 6.61 Å². The lowest BCUT2D eigenvalue weighted by molar-refractivity contribution is -0.123. The molecule has 1 heterocycles. The third-order valence-electron chi connectivity index (χ3n) is 5.25. The number of amides is 2. The summed E-state index contributed by atoms with van der Waals surface area (Å²) in [5.74, 6) is -0.828. The molecule has 1 aliphatic heterocycles. The number of esters is 1. The summed E-state index contributed by atoms with van der Waals surface area (Å²) in [5, 5.41) is -0.00528. The zero-order valence-corrected chi connectivity index (χ0v) is 21.7. The van der Waals surface area contributed by atoms with Gasteiger partial charge >= 0.3 is 5.97 Å². The van der Waals surface area contributed by atoms with Crippen LogP contribution < -0.4 is 9.47 Å². The van der Waals surface area contributed by atoms with E-state index in [-0.39, 0.29) is 50.4 Å². The maximum atomic E-state index is 13.0. The Morgan fingerprint density at radius 1 is 1.03 bits per heavy atom. The minimum atomic E-state index is -0.687. The summed E-state index contributed by atoms with van der Waals surface area (Å²) >= 11 is 13.4. The number of aryl methyl sites for hydroxylation is 1. The molecule has 36 heavy (non-hydrogen) atoms. The van der Waals surface area contributed by atoms with Crippen LogP contribution in [0.15, 0.2) is 65.6 Å². The summed E-state index contributed by atoms with van der Waals surface area (Å²) in [4.78, 5) is 39.6. The van der Waals surface area contributed by atoms with E-state index in [9.17, 15) is 14.4 Å². The van der Waals surface area contributed by atoms with E-state index in [0.717, 1.165) is 22.9 Å². The Bertz CT molecular complexity index is 1370. The quantitative estimate of drug-likeness (QED) is 0.179. The van der Waals surface area contributed by atoms with Crippen molar-refractivity contribution in [2.45, 2.75) is 20.4 Å². The van der Waals surface area contributed by atoms with E-state index in [1.807, 2.05) is 31.2 Å². The average Bonchev–Trinajstić information content (AvgIpc) is 3.10. The van der Waals surface area contributed by atoms with Crippen molar-refractivity contribution in [2.24, 2.45) is 0 Å². The summed E-state index contributed by atoms with van der Waals surface area (Å²) in [6.45, 7) is 4.21. The Labute approximate surface area is 222 Å². The molecule has 0 N–H and O–H groups in total. The molecule has 0 aliphatic carbocycles. The molecule has 1 saturated heterocycles. The molecule has 0 spiro atoms. The molecular weight excluding hydrogens is 521 g/mol. The summed E-state index contributed by atoms with van der Waals surface area (Å²) in [7, 11) is 0. The number of carbonyl (C=O) groups is 3. The van der Waals surface area contributed by atoms with Gasteiger partial charge in [-0.1, -0.05) is 65.2 Å². The second kappa shape index (κ2) is 11.2. The number of nitrogens with zero attached hydrogens (tertiary/aromatic N) is 1. The van der Waals surface area contributed by atoms with Gasteiger partial charge in [-0.2, -0.15) is 0 Å². The lowest BCUT2D eigenvalue weighted by Gasteiger charge is -2.14. The van der Waals surface area contributed by atoms with Crippen LogP contribution >= 0.6 is 35.0 Å². The molecule has 9 heteroatoms. The maximum absolute atomic E-state index is 13.0. The van der Waals surface area contributed by atoms with Gasteiger partial charge in [0.1, 0.15) is 0 Å². The van der Waals surface area contributed by atoms with Crippen molar-refractivity contribution in [3.05, 3.63) is 97.9 Å². The van der Waals surface area contributed by atoms with Gasteiger partial charge in [-0.15, -0.1) is 0 Å². The lowest BCUT2D eigenvalue weighted by Crippen LogP contribution is -2.27. The van der Waals surface area contributed by atoms with E-state index in [4.69, 9.17) is 32.7 Å². The molecule has 4 rings (SSSR count). The molecule has 0 aromatic heterocycles. The molecule has 0 bridgehead atoms. The highest BCUT2D eigenvalue weighted by Crippen LogP contribution is 2.40. The highest BCUT2D eigenvalue weighted by molar-refractivity contribution is 8.18. The Balaban J connectivity index is 1.59. The molecule has 6 nitrogen and oxygen atoms in total. The fourth-order valence-electron chi connectivity index (χ4n) is 3.47. The van der Waals surface area contributed by atoms with Gasteiger partial charge in [0.05, 0.1) is 33.7 Å². The predicted molar refractivity (Wildman–Crippen MR) is 142 cm³/mol. The van der Waals surface area contributed by atoms with Gasteiger partial charge in [0, 0.05) is 0 Å². The number of thioether (sulfide) groups is 1. The molecule has 2 amide bonds. The molecule has 3 aromatic carbocycles. The Kier molecular flexibility index (Phi) is 8.04. The first-order valence-corrected chi connectivity index (χ1v) is 12.6. The minimum absolute atomic E-state index is 0.0352. The van der Waals surface area contributed by atoms with Crippen LogP contribution in [0.25, 0.3) is 6.08 Å². The molecule has 1 aliphatic rings. The highest BCUT2D eigenvalue weighted by Gasteiger charge is 2.35. The Morgan fingerprint density at radius 2 is 1.75 bits per heavy atom. The standard InChI is InChI=1S/C27H21Cl2NO5S/c1-3-34-22-13-18(12-21(29)24(22)35-26(32)19-6-4-5-7-20(19)28)14-23-25(31)30(27(33)36-23)15-17-10-8-16(2)9-11-17/h4-14H,3,15H2,1-2H3/b23-14-. The van der Waals surface area contributed by atoms with Crippen LogP contribution in [0.5, 0.6) is 11.5 Å². The van der Waals surface area contributed by atoms with E-state index in [1.165, 1.54) is 11.0 Å². The van der Waals surface area contributed by atoms with E-state index in [1.54, 1.807) is 43.3 Å². The number of rotatable bonds is 7. The average molecular weight is 542 g/mol. The first-order valence-electron chi connectivity index (χ1n) is 11.0. The van der Waals surface area contributed by atoms with Crippen LogP contribution in [-0.4, -0.2) is 28.6 Å². The molecule has 0 saturated carbocycles. The van der Waals surface area contributed by atoms with E-state index in [2.05, 4.69) is 0 Å². The first-order chi connectivity index (χ1) is 17.3. The monoisotopic (exact) mass is 541 g/mol. The predicted octanol–water partition coefficient (Wildman–Crippen LogP) is 7.16. The fourth-order valence-corrected chi connectivity index (χ4v) is 4.78. The number of ether oxygens (including phenoxy) is 2. The van der Waals surface area contributed by atoms with Gasteiger partial charge in [0.25, 0.3) is 11.1 Å².